The van der Waals surface area contributed by atoms with Crippen molar-refractivity contribution in [2.45, 2.75) is 11.3 Å². The van der Waals surface area contributed by atoms with Crippen molar-refractivity contribution in [1.82, 2.24) is 0 Å². The maximum atomic E-state index is 11.7. The van der Waals surface area contributed by atoms with Crippen LogP contribution in [0.15, 0.2) is 53.4 Å². The van der Waals surface area contributed by atoms with Crippen LogP contribution in [0, 0.1) is 0 Å². The Morgan fingerprint density at radius 1 is 1.09 bits per heavy atom. The van der Waals surface area contributed by atoms with Crippen LogP contribution in [-0.2, 0) is 37.4 Å². The molecule has 0 amide bonds. The molecule has 0 saturated carbocycles. The lowest BCUT2D eigenvalue weighted by Gasteiger charge is -2.09. The summed E-state index contributed by atoms with van der Waals surface area (Å²) in [5.41, 5.74) is 0.781. The smallest absolute Gasteiger partial charge is 0.357 e. The van der Waals surface area contributed by atoms with Crippen LogP contribution in [0.4, 0.5) is 0 Å². The molecule has 32 heavy (non-hydrogen) atoms. The van der Waals surface area contributed by atoms with E-state index in [-0.39, 0.29) is 23.7 Å². The summed E-state index contributed by atoms with van der Waals surface area (Å²) >= 11 is -2.57. The second-order valence-electron chi connectivity index (χ2n) is 6.19. The highest BCUT2D eigenvalue weighted by Gasteiger charge is 2.15. The summed E-state index contributed by atoms with van der Waals surface area (Å²) in [7, 11) is -3.15. The number of ether oxygens (including phenoxy) is 2. The van der Waals surface area contributed by atoms with Crippen LogP contribution in [0.1, 0.15) is 16.7 Å². The van der Waals surface area contributed by atoms with Gasteiger partial charge in [-0.2, -0.15) is 12.6 Å². The van der Waals surface area contributed by atoms with Gasteiger partial charge in [-0.1, -0.05) is 36.4 Å². The fourth-order valence-electron chi connectivity index (χ4n) is 2.56. The summed E-state index contributed by atoms with van der Waals surface area (Å²) in [5, 5.41) is 8.85. The topological polar surface area (TPSA) is 157 Å². The number of benzene rings is 2. The number of carboxylic acid groups (broad SMARTS) is 1. The normalized spacial score (nSPS) is 12.8. The molecular weight excluding hydrogens is 464 g/mol. The van der Waals surface area contributed by atoms with Gasteiger partial charge >= 0.3 is 17.3 Å². The first-order valence-corrected chi connectivity index (χ1v) is 11.3. The minimum atomic E-state index is -4.59. The van der Waals surface area contributed by atoms with Gasteiger partial charge in [0.05, 0.1) is 6.42 Å². The molecule has 2 aromatic rings. The maximum Gasteiger partial charge on any atom is 0.357 e. The first kappa shape index (κ1) is 25.2. The van der Waals surface area contributed by atoms with E-state index in [4.69, 9.17) is 23.3 Å². The highest BCUT2D eigenvalue weighted by Crippen LogP contribution is 2.27. The van der Waals surface area contributed by atoms with E-state index in [1.807, 2.05) is 0 Å². The van der Waals surface area contributed by atoms with E-state index in [0.717, 1.165) is 6.07 Å². The molecular formula is C20H20O10S2. The first-order valence-electron chi connectivity index (χ1n) is 8.82. The second kappa shape index (κ2) is 11.5. The minimum absolute atomic E-state index is 0.0269. The molecule has 0 aromatic heterocycles. The van der Waals surface area contributed by atoms with E-state index in [0.29, 0.717) is 11.3 Å². The molecule has 12 heteroatoms. The van der Waals surface area contributed by atoms with Gasteiger partial charge in [0.25, 0.3) is 10.1 Å². The van der Waals surface area contributed by atoms with Gasteiger partial charge < -0.3 is 18.8 Å². The van der Waals surface area contributed by atoms with Crippen molar-refractivity contribution in [2.75, 3.05) is 13.9 Å². The van der Waals surface area contributed by atoms with Crippen LogP contribution < -0.4 is 8.92 Å². The van der Waals surface area contributed by atoms with Crippen molar-refractivity contribution in [1.29, 1.82) is 0 Å². The SMILES string of the molecule is COCOc1ccc(/C=C/C=C/c2ccc(CC(=O)O)cc2S(=O)(=O)O)c(OS(=O)O)c1. The molecule has 1 atom stereocenters. The van der Waals surface area contributed by atoms with E-state index in [2.05, 4.69) is 0 Å². The van der Waals surface area contributed by atoms with Crippen LogP contribution in [-0.4, -0.2) is 46.7 Å². The monoisotopic (exact) mass is 484 g/mol. The Hall–Kier alpha value is -3.03. The molecule has 10 nitrogen and oxygen atoms in total. The third kappa shape index (κ3) is 7.90. The Morgan fingerprint density at radius 3 is 2.34 bits per heavy atom. The number of allylic oxidation sites excluding steroid dienone is 2. The van der Waals surface area contributed by atoms with E-state index in [9.17, 15) is 22.0 Å². The van der Waals surface area contributed by atoms with E-state index in [1.165, 1.54) is 49.6 Å². The Morgan fingerprint density at radius 2 is 1.75 bits per heavy atom. The van der Waals surface area contributed by atoms with Crippen molar-refractivity contribution in [2.24, 2.45) is 0 Å². The summed E-state index contributed by atoms with van der Waals surface area (Å²) in [6.07, 6.45) is 5.51. The summed E-state index contributed by atoms with van der Waals surface area (Å²) in [4.78, 5) is 10.4. The molecule has 172 valence electrons. The fourth-order valence-corrected chi connectivity index (χ4v) is 3.59. The predicted molar refractivity (Wildman–Crippen MR) is 116 cm³/mol. The van der Waals surface area contributed by atoms with Gasteiger partial charge in [0.2, 0.25) is 0 Å². The highest BCUT2D eigenvalue weighted by atomic mass is 32.2. The van der Waals surface area contributed by atoms with Gasteiger partial charge in [-0.15, -0.1) is 0 Å². The molecule has 0 bridgehead atoms. The van der Waals surface area contributed by atoms with Crippen molar-refractivity contribution < 1.29 is 45.3 Å². The highest BCUT2D eigenvalue weighted by molar-refractivity contribution is 7.86. The standard InChI is InChI=1S/C20H20O10S2/c1-28-13-29-17-9-8-15(18(12-17)30-31(23)24)4-2-3-5-16-7-6-14(11-20(21)22)10-19(16)32(25,26)27/h2-10,12H,11,13H2,1H3,(H,21,22)(H,23,24)(H,25,26,27)/b4-2+,5-3+. The number of aliphatic carboxylic acids is 1. The van der Waals surface area contributed by atoms with Crippen molar-refractivity contribution in [3.05, 3.63) is 65.2 Å². The molecule has 0 saturated heterocycles. The number of hydrogen-bond donors (Lipinski definition) is 3. The van der Waals surface area contributed by atoms with Crippen LogP contribution in [0.3, 0.4) is 0 Å². The van der Waals surface area contributed by atoms with Crippen molar-refractivity contribution in [3.8, 4) is 11.5 Å². The molecule has 0 spiro atoms. The first-order chi connectivity index (χ1) is 15.1. The number of methoxy groups -OCH3 is 1. The van der Waals surface area contributed by atoms with Gasteiger partial charge in [0.15, 0.2) is 12.5 Å². The van der Waals surface area contributed by atoms with E-state index in [1.54, 1.807) is 12.1 Å². The molecule has 0 aliphatic heterocycles. The quantitative estimate of drug-likeness (QED) is 0.187. The largest absolute Gasteiger partial charge is 0.481 e. The third-order valence-corrected chi connectivity index (χ3v) is 5.09. The molecule has 3 N–H and O–H groups in total. The Balaban J connectivity index is 2.29. The average Bonchev–Trinajstić information content (AvgIpc) is 2.70. The molecule has 0 heterocycles. The molecule has 2 rings (SSSR count). The van der Waals surface area contributed by atoms with Gasteiger partial charge in [-0.3, -0.25) is 13.9 Å². The number of rotatable bonds is 11. The van der Waals surface area contributed by atoms with Crippen LogP contribution in [0.5, 0.6) is 11.5 Å². The van der Waals surface area contributed by atoms with Crippen molar-refractivity contribution >= 4 is 39.6 Å². The molecule has 1 unspecified atom stereocenters. The molecule has 0 aliphatic rings. The maximum absolute atomic E-state index is 11.7. The minimum Gasteiger partial charge on any atom is -0.481 e. The van der Waals surface area contributed by atoms with Crippen LogP contribution in [0.25, 0.3) is 12.2 Å². The lowest BCUT2D eigenvalue weighted by molar-refractivity contribution is -0.136. The fraction of sp³-hybridized carbons (Fsp3) is 0.150. The van der Waals surface area contributed by atoms with E-state index >= 15 is 0 Å². The number of carboxylic acids is 1. The summed E-state index contributed by atoms with van der Waals surface area (Å²) in [5.74, 6) is -0.738. The van der Waals surface area contributed by atoms with Gasteiger partial charge in [0.1, 0.15) is 10.6 Å². The number of hydrogen-bond acceptors (Lipinski definition) is 7. The average molecular weight is 485 g/mol. The van der Waals surface area contributed by atoms with Crippen LogP contribution in [0.2, 0.25) is 0 Å². The third-order valence-electron chi connectivity index (χ3n) is 3.86. The van der Waals surface area contributed by atoms with Gasteiger partial charge in [0, 0.05) is 18.7 Å². The van der Waals surface area contributed by atoms with Gasteiger partial charge in [-0.05, 0) is 29.3 Å². The molecule has 0 radical (unpaired) electrons. The Kier molecular flexibility index (Phi) is 9.11. The predicted octanol–water partition coefficient (Wildman–Crippen LogP) is 2.79. The molecule has 2 aromatic carbocycles. The zero-order chi connectivity index (χ0) is 23.7. The van der Waals surface area contributed by atoms with Crippen molar-refractivity contribution in [3.63, 3.8) is 0 Å². The molecule has 0 fully saturated rings. The Bertz CT molecular complexity index is 1150. The van der Waals surface area contributed by atoms with Gasteiger partial charge in [-0.25, -0.2) is 0 Å². The Labute approximate surface area is 187 Å². The summed E-state index contributed by atoms with van der Waals surface area (Å²) in [6.45, 7) is -0.0269. The lowest BCUT2D eigenvalue weighted by Crippen LogP contribution is -2.05. The lowest BCUT2D eigenvalue weighted by atomic mass is 10.1. The zero-order valence-corrected chi connectivity index (χ0v) is 18.3. The number of carbonyl (C=O) groups is 1. The zero-order valence-electron chi connectivity index (χ0n) is 16.7. The van der Waals surface area contributed by atoms with E-state index < -0.39 is 38.8 Å². The second-order valence-corrected chi connectivity index (χ2v) is 8.18. The summed E-state index contributed by atoms with van der Waals surface area (Å²) in [6, 6.07) is 8.46. The van der Waals surface area contributed by atoms with Crippen LogP contribution >= 0.6 is 0 Å². The molecule has 0 aliphatic carbocycles. The summed E-state index contributed by atoms with van der Waals surface area (Å²) < 4.78 is 67.8.